The van der Waals surface area contributed by atoms with Crippen LogP contribution in [-0.2, 0) is 4.74 Å². The van der Waals surface area contributed by atoms with Crippen LogP contribution in [0, 0.1) is 0 Å². The number of ether oxygens (including phenoxy) is 3. The molecular weight excluding hydrogens is 370 g/mol. The average Bonchev–Trinajstić information content (AvgIpc) is 3.12. The van der Waals surface area contributed by atoms with Crippen LogP contribution in [-0.4, -0.2) is 40.3 Å². The molecule has 0 amide bonds. The summed E-state index contributed by atoms with van der Waals surface area (Å²) in [5.74, 6) is 1.82. The molecule has 3 heterocycles. The monoisotopic (exact) mass is 389 g/mol. The van der Waals surface area contributed by atoms with Gasteiger partial charge in [-0.1, -0.05) is 0 Å². The molecule has 1 unspecified atom stereocenters. The van der Waals surface area contributed by atoms with Crippen LogP contribution in [0.1, 0.15) is 25.5 Å². The molecule has 8 nitrogen and oxygen atoms in total. The number of rotatable bonds is 5. The van der Waals surface area contributed by atoms with E-state index in [0.29, 0.717) is 28.5 Å². The molecule has 0 saturated carbocycles. The number of benzene rings is 1. The normalized spacial score (nSPS) is 17.1. The fraction of sp³-hybridized carbons (Fsp3) is 0.389. The van der Waals surface area contributed by atoms with Crippen molar-refractivity contribution in [2.24, 2.45) is 0 Å². The third-order valence-corrected chi connectivity index (χ3v) is 4.69. The molecule has 9 heteroatoms. The number of nitrogens with one attached hydrogen (secondary N) is 1. The maximum Gasteiger partial charge on any atom is 0.226 e. The summed E-state index contributed by atoms with van der Waals surface area (Å²) in [5.41, 5.74) is 1.97. The number of imidazole rings is 1. The van der Waals surface area contributed by atoms with Gasteiger partial charge in [-0.2, -0.15) is 9.97 Å². The molecule has 4 rings (SSSR count). The lowest BCUT2D eigenvalue weighted by Gasteiger charge is -2.23. The van der Waals surface area contributed by atoms with Crippen LogP contribution in [0.4, 0.5) is 11.5 Å². The van der Waals surface area contributed by atoms with Crippen LogP contribution in [0.2, 0.25) is 5.28 Å². The first-order chi connectivity index (χ1) is 13.2. The fourth-order valence-electron chi connectivity index (χ4n) is 3.16. The van der Waals surface area contributed by atoms with E-state index in [1.54, 1.807) is 26.6 Å². The molecule has 27 heavy (non-hydrogen) atoms. The quantitative estimate of drug-likeness (QED) is 0.661. The third-order valence-electron chi connectivity index (χ3n) is 4.52. The molecule has 0 bridgehead atoms. The molecule has 2 aromatic heterocycles. The predicted octanol–water partition coefficient (Wildman–Crippen LogP) is 3.94. The molecule has 0 radical (unpaired) electrons. The molecule has 142 valence electrons. The zero-order chi connectivity index (χ0) is 18.8. The van der Waals surface area contributed by atoms with E-state index in [4.69, 9.17) is 25.8 Å². The Morgan fingerprint density at radius 2 is 2.11 bits per heavy atom. The van der Waals surface area contributed by atoms with Gasteiger partial charge in [-0.25, -0.2) is 4.98 Å². The Balaban J connectivity index is 1.73. The predicted molar refractivity (Wildman–Crippen MR) is 102 cm³/mol. The highest BCUT2D eigenvalue weighted by Crippen LogP contribution is 2.34. The van der Waals surface area contributed by atoms with Gasteiger partial charge in [-0.15, -0.1) is 0 Å². The maximum atomic E-state index is 6.18. The maximum absolute atomic E-state index is 6.18. The summed E-state index contributed by atoms with van der Waals surface area (Å²) in [6.45, 7) is 0.733. The van der Waals surface area contributed by atoms with Gasteiger partial charge in [0.1, 0.15) is 17.7 Å². The average molecular weight is 390 g/mol. The van der Waals surface area contributed by atoms with E-state index < -0.39 is 0 Å². The molecule has 0 aliphatic carbocycles. The molecule has 1 N–H and O–H groups in total. The number of anilines is 2. The molecule has 0 spiro atoms. The van der Waals surface area contributed by atoms with Crippen molar-refractivity contribution in [2.45, 2.75) is 25.5 Å². The van der Waals surface area contributed by atoms with E-state index >= 15 is 0 Å². The second-order valence-corrected chi connectivity index (χ2v) is 6.52. The topological polar surface area (TPSA) is 83.3 Å². The van der Waals surface area contributed by atoms with Gasteiger partial charge in [0.05, 0.1) is 26.2 Å². The van der Waals surface area contributed by atoms with Gasteiger partial charge in [-0.3, -0.25) is 4.57 Å². The van der Waals surface area contributed by atoms with Gasteiger partial charge < -0.3 is 19.5 Å². The highest BCUT2D eigenvalue weighted by molar-refractivity contribution is 6.28. The summed E-state index contributed by atoms with van der Waals surface area (Å²) < 4.78 is 18.4. The molecule has 1 aliphatic rings. The van der Waals surface area contributed by atoms with Crippen molar-refractivity contribution in [1.29, 1.82) is 0 Å². The largest absolute Gasteiger partial charge is 0.497 e. The summed E-state index contributed by atoms with van der Waals surface area (Å²) in [5, 5.41) is 3.38. The van der Waals surface area contributed by atoms with Gasteiger partial charge in [0, 0.05) is 12.7 Å². The Labute approximate surface area is 161 Å². The second-order valence-electron chi connectivity index (χ2n) is 6.18. The number of methoxy groups -OCH3 is 2. The van der Waals surface area contributed by atoms with Crippen molar-refractivity contribution in [2.75, 3.05) is 26.1 Å². The summed E-state index contributed by atoms with van der Waals surface area (Å²) >= 11 is 6.18. The van der Waals surface area contributed by atoms with Crippen LogP contribution in [0.15, 0.2) is 24.5 Å². The smallest absolute Gasteiger partial charge is 0.226 e. The van der Waals surface area contributed by atoms with E-state index in [1.807, 2.05) is 16.7 Å². The summed E-state index contributed by atoms with van der Waals surface area (Å²) in [7, 11) is 3.20. The number of aromatic nitrogens is 4. The minimum atomic E-state index is -0.0851. The van der Waals surface area contributed by atoms with Crippen molar-refractivity contribution in [3.63, 3.8) is 0 Å². The molecular formula is C18H20ClN5O3. The zero-order valence-corrected chi connectivity index (χ0v) is 15.9. The number of fused-ring (bicyclic) bond motifs is 1. The van der Waals surface area contributed by atoms with Crippen molar-refractivity contribution in [1.82, 2.24) is 19.5 Å². The van der Waals surface area contributed by atoms with Crippen molar-refractivity contribution < 1.29 is 14.2 Å². The van der Waals surface area contributed by atoms with Crippen LogP contribution in [0.25, 0.3) is 11.2 Å². The summed E-state index contributed by atoms with van der Waals surface area (Å²) in [6, 6.07) is 5.47. The van der Waals surface area contributed by atoms with Crippen molar-refractivity contribution in [3.8, 4) is 11.5 Å². The van der Waals surface area contributed by atoms with Crippen molar-refractivity contribution >= 4 is 34.3 Å². The lowest BCUT2D eigenvalue weighted by atomic mass is 10.2. The Kier molecular flexibility index (Phi) is 5.00. The Morgan fingerprint density at radius 3 is 2.85 bits per heavy atom. The Hall–Kier alpha value is -2.58. The minimum Gasteiger partial charge on any atom is -0.497 e. The lowest BCUT2D eigenvalue weighted by Crippen LogP contribution is -2.17. The van der Waals surface area contributed by atoms with E-state index in [9.17, 15) is 0 Å². The SMILES string of the molecule is COc1ccc(Nc2nc(Cl)nc3c2ncn3C2CCCCO2)c(OC)c1. The Morgan fingerprint density at radius 1 is 1.22 bits per heavy atom. The van der Waals surface area contributed by atoms with Crippen molar-refractivity contribution in [3.05, 3.63) is 29.8 Å². The highest BCUT2D eigenvalue weighted by atomic mass is 35.5. The third kappa shape index (κ3) is 3.50. The second kappa shape index (κ2) is 7.58. The van der Waals surface area contributed by atoms with E-state index in [0.717, 1.165) is 31.6 Å². The highest BCUT2D eigenvalue weighted by Gasteiger charge is 2.21. The summed E-state index contributed by atoms with van der Waals surface area (Å²) in [6.07, 6.45) is 4.74. The van der Waals surface area contributed by atoms with Crippen LogP contribution in [0.5, 0.6) is 11.5 Å². The van der Waals surface area contributed by atoms with Gasteiger partial charge in [0.2, 0.25) is 5.28 Å². The first kappa shape index (κ1) is 17.8. The number of hydrogen-bond donors (Lipinski definition) is 1. The fourth-order valence-corrected chi connectivity index (χ4v) is 3.32. The standard InChI is InChI=1S/C18H20ClN5O3/c1-25-11-6-7-12(13(9-11)26-2)21-16-15-17(23-18(19)22-16)24(10-20-15)14-5-3-4-8-27-14/h6-7,9-10,14H,3-5,8H2,1-2H3,(H,21,22,23). The Bertz CT molecular complexity index is 956. The summed E-state index contributed by atoms with van der Waals surface area (Å²) in [4.78, 5) is 13.2. The van der Waals surface area contributed by atoms with Crippen LogP contribution >= 0.6 is 11.6 Å². The van der Waals surface area contributed by atoms with Gasteiger partial charge in [-0.05, 0) is 43.0 Å². The van der Waals surface area contributed by atoms with Crippen LogP contribution in [0.3, 0.4) is 0 Å². The van der Waals surface area contributed by atoms with Gasteiger partial charge in [0.15, 0.2) is 17.0 Å². The zero-order valence-electron chi connectivity index (χ0n) is 15.1. The number of halogens is 1. The molecule has 1 atom stereocenters. The van der Waals surface area contributed by atoms with E-state index in [-0.39, 0.29) is 11.5 Å². The number of hydrogen-bond acceptors (Lipinski definition) is 7. The molecule has 1 aliphatic heterocycles. The minimum absolute atomic E-state index is 0.0851. The first-order valence-electron chi connectivity index (χ1n) is 8.70. The lowest BCUT2D eigenvalue weighted by molar-refractivity contribution is -0.0298. The number of nitrogens with zero attached hydrogens (tertiary/aromatic N) is 4. The first-order valence-corrected chi connectivity index (χ1v) is 9.08. The van der Waals surface area contributed by atoms with E-state index in [1.165, 1.54) is 0 Å². The van der Waals surface area contributed by atoms with Gasteiger partial charge >= 0.3 is 0 Å². The molecule has 1 aromatic carbocycles. The molecule has 1 fully saturated rings. The molecule has 3 aromatic rings. The van der Waals surface area contributed by atoms with E-state index in [2.05, 4.69) is 20.3 Å². The molecule has 1 saturated heterocycles. The van der Waals surface area contributed by atoms with Gasteiger partial charge in [0.25, 0.3) is 0 Å². The van der Waals surface area contributed by atoms with Crippen LogP contribution < -0.4 is 14.8 Å².